The van der Waals surface area contributed by atoms with E-state index in [0.29, 0.717) is 18.0 Å². The number of nitrogens with zero attached hydrogens (tertiary/aromatic N) is 1. The lowest BCUT2D eigenvalue weighted by Gasteiger charge is -2.23. The maximum atomic E-state index is 13.3. The van der Waals surface area contributed by atoms with E-state index < -0.39 is 11.5 Å². The summed E-state index contributed by atoms with van der Waals surface area (Å²) < 4.78 is 12.9. The highest BCUT2D eigenvalue weighted by molar-refractivity contribution is 6.02. The number of benzene rings is 2. The topological polar surface area (TPSA) is 93.0 Å². The van der Waals surface area contributed by atoms with Gasteiger partial charge in [-0.1, -0.05) is 26.8 Å². The first-order valence-corrected chi connectivity index (χ1v) is 11.4. The third-order valence-corrected chi connectivity index (χ3v) is 6.64. The highest BCUT2D eigenvalue weighted by atomic mass is 16.7. The lowest BCUT2D eigenvalue weighted by Crippen LogP contribution is -2.27. The SMILES string of the molecule is CC(C)(C)c1cc2cc(NC(=O)C3(c4ccc5c(c4)OCO5)CC3)ccc2n1C[C@H](O)CO.[HH].[HH].[HH]. The van der Waals surface area contributed by atoms with Crippen LogP contribution in [0.25, 0.3) is 10.9 Å². The van der Waals surface area contributed by atoms with Gasteiger partial charge in [-0.2, -0.15) is 0 Å². The number of aliphatic hydroxyl groups is 2. The van der Waals surface area contributed by atoms with E-state index >= 15 is 0 Å². The minimum atomic E-state index is -0.836. The molecule has 3 aromatic rings. The van der Waals surface area contributed by atoms with Gasteiger partial charge in [-0.05, 0) is 54.8 Å². The number of nitrogens with one attached hydrogen (secondary N) is 1. The molecule has 1 aliphatic heterocycles. The van der Waals surface area contributed by atoms with E-state index in [1.54, 1.807) is 0 Å². The maximum absolute atomic E-state index is 13.3. The number of ether oxygens (including phenoxy) is 2. The molecule has 2 aliphatic rings. The van der Waals surface area contributed by atoms with E-state index in [0.717, 1.165) is 40.7 Å². The summed E-state index contributed by atoms with van der Waals surface area (Å²) in [7, 11) is 0. The molecule has 1 fully saturated rings. The Hall–Kier alpha value is -3.03. The smallest absolute Gasteiger partial charge is 0.235 e. The molecule has 0 radical (unpaired) electrons. The summed E-state index contributed by atoms with van der Waals surface area (Å²) in [6, 6.07) is 13.7. The van der Waals surface area contributed by atoms with E-state index in [4.69, 9.17) is 9.47 Å². The number of fused-ring (bicyclic) bond motifs is 2. The molecular weight excluding hydrogens is 420 g/mol. The molecule has 0 spiro atoms. The van der Waals surface area contributed by atoms with Gasteiger partial charge in [0.05, 0.1) is 24.7 Å². The van der Waals surface area contributed by atoms with Gasteiger partial charge in [0, 0.05) is 32.0 Å². The Kier molecular flexibility index (Phi) is 5.14. The average Bonchev–Trinajstić information content (AvgIpc) is 3.32. The first-order valence-electron chi connectivity index (χ1n) is 11.4. The minimum Gasteiger partial charge on any atom is -0.454 e. The predicted octanol–water partition coefficient (Wildman–Crippen LogP) is 4.43. The second-order valence-corrected chi connectivity index (χ2v) is 10.1. The van der Waals surface area contributed by atoms with Gasteiger partial charge >= 0.3 is 0 Å². The fraction of sp³-hybridized carbons (Fsp3) is 0.423. The lowest BCUT2D eigenvalue weighted by atomic mass is 9.92. The van der Waals surface area contributed by atoms with Crippen LogP contribution in [0, 0.1) is 0 Å². The van der Waals surface area contributed by atoms with Crippen LogP contribution in [0.15, 0.2) is 42.5 Å². The van der Waals surface area contributed by atoms with Gasteiger partial charge in [0.15, 0.2) is 11.5 Å². The fourth-order valence-electron chi connectivity index (χ4n) is 4.65. The highest BCUT2D eigenvalue weighted by Crippen LogP contribution is 2.51. The number of rotatable bonds is 6. The van der Waals surface area contributed by atoms with E-state index in [-0.39, 0.29) is 29.0 Å². The molecule has 33 heavy (non-hydrogen) atoms. The van der Waals surface area contributed by atoms with E-state index in [9.17, 15) is 15.0 Å². The third kappa shape index (κ3) is 3.85. The van der Waals surface area contributed by atoms with E-state index in [2.05, 4.69) is 36.7 Å². The Morgan fingerprint density at radius 1 is 1.15 bits per heavy atom. The monoisotopic (exact) mass is 456 g/mol. The molecule has 7 nitrogen and oxygen atoms in total. The largest absolute Gasteiger partial charge is 0.454 e. The molecule has 1 aliphatic carbocycles. The van der Waals surface area contributed by atoms with Crippen molar-refractivity contribution in [1.29, 1.82) is 0 Å². The van der Waals surface area contributed by atoms with Crippen LogP contribution >= 0.6 is 0 Å². The zero-order valence-electron chi connectivity index (χ0n) is 19.2. The number of anilines is 1. The Morgan fingerprint density at radius 3 is 2.61 bits per heavy atom. The van der Waals surface area contributed by atoms with Crippen molar-refractivity contribution in [1.82, 2.24) is 4.57 Å². The van der Waals surface area contributed by atoms with Crippen LogP contribution in [0.2, 0.25) is 0 Å². The Labute approximate surface area is 197 Å². The standard InChI is InChI=1S/C26H30N2O5.3H2/c1-25(2,3)23-11-16-10-18(5-6-20(16)28(23)13-19(30)14-29)27-24(31)26(8-9-26)17-4-7-21-22(12-17)33-15-32-21;;;/h4-7,10-12,19,29-30H,8-9,13-15H2,1-3H3,(H,27,31);3*1H/t19-;;;/m0.../s1. The molecule has 0 bridgehead atoms. The van der Waals surface area contributed by atoms with Crippen molar-refractivity contribution in [2.75, 3.05) is 18.7 Å². The number of carbonyl (C=O) groups is 1. The highest BCUT2D eigenvalue weighted by Gasteiger charge is 2.51. The van der Waals surface area contributed by atoms with Gasteiger partial charge in [-0.25, -0.2) is 0 Å². The van der Waals surface area contributed by atoms with Crippen LogP contribution in [-0.2, 0) is 22.2 Å². The van der Waals surface area contributed by atoms with E-state index in [1.807, 2.05) is 36.4 Å². The van der Waals surface area contributed by atoms with Gasteiger partial charge in [-0.15, -0.1) is 0 Å². The Morgan fingerprint density at radius 2 is 1.91 bits per heavy atom. The lowest BCUT2D eigenvalue weighted by molar-refractivity contribution is -0.118. The second kappa shape index (κ2) is 7.78. The zero-order chi connectivity index (χ0) is 23.4. The van der Waals surface area contributed by atoms with Crippen molar-refractivity contribution >= 4 is 22.5 Å². The van der Waals surface area contributed by atoms with Gasteiger partial charge in [0.25, 0.3) is 0 Å². The van der Waals surface area contributed by atoms with Crippen molar-refractivity contribution in [2.24, 2.45) is 0 Å². The van der Waals surface area contributed by atoms with Crippen molar-refractivity contribution in [3.8, 4) is 11.5 Å². The summed E-state index contributed by atoms with van der Waals surface area (Å²) in [5.74, 6) is 1.38. The predicted molar refractivity (Wildman–Crippen MR) is 132 cm³/mol. The quantitative estimate of drug-likeness (QED) is 0.510. The number of hydrogen-bond acceptors (Lipinski definition) is 5. The summed E-state index contributed by atoms with van der Waals surface area (Å²) in [6.45, 7) is 6.59. The molecule has 1 amide bonds. The van der Waals surface area contributed by atoms with Crippen molar-refractivity contribution in [3.63, 3.8) is 0 Å². The van der Waals surface area contributed by atoms with Gasteiger partial charge < -0.3 is 29.6 Å². The molecule has 1 saturated carbocycles. The van der Waals surface area contributed by atoms with Crippen LogP contribution in [0.5, 0.6) is 11.5 Å². The van der Waals surface area contributed by atoms with Crippen LogP contribution in [0.4, 0.5) is 5.69 Å². The number of amides is 1. The maximum Gasteiger partial charge on any atom is 0.235 e. The molecule has 5 rings (SSSR count). The summed E-state index contributed by atoms with van der Waals surface area (Å²) in [5.41, 5.74) is 3.03. The van der Waals surface area contributed by atoms with Gasteiger partial charge in [0.1, 0.15) is 0 Å². The molecule has 3 N–H and O–H groups in total. The van der Waals surface area contributed by atoms with Gasteiger partial charge in [-0.3, -0.25) is 4.79 Å². The summed E-state index contributed by atoms with van der Waals surface area (Å²) >= 11 is 0. The third-order valence-electron chi connectivity index (χ3n) is 6.64. The van der Waals surface area contributed by atoms with Crippen molar-refractivity contribution < 1.29 is 28.8 Å². The fourth-order valence-corrected chi connectivity index (χ4v) is 4.65. The zero-order valence-corrected chi connectivity index (χ0v) is 19.2. The molecule has 1 aromatic heterocycles. The Balaban J connectivity index is 0.00000152. The molecule has 2 aromatic carbocycles. The average molecular weight is 457 g/mol. The van der Waals surface area contributed by atoms with E-state index in [1.165, 1.54) is 0 Å². The summed E-state index contributed by atoms with van der Waals surface area (Å²) in [4.78, 5) is 13.3. The summed E-state index contributed by atoms with van der Waals surface area (Å²) in [6.07, 6.45) is 0.756. The van der Waals surface area contributed by atoms with Gasteiger partial charge in [0.2, 0.25) is 12.7 Å². The number of aromatic nitrogens is 1. The van der Waals surface area contributed by atoms with Crippen molar-refractivity contribution in [3.05, 3.63) is 53.7 Å². The molecule has 7 heteroatoms. The van der Waals surface area contributed by atoms with Crippen LogP contribution in [0.3, 0.4) is 0 Å². The molecule has 1 atom stereocenters. The molecule has 2 heterocycles. The molecule has 0 saturated heterocycles. The first kappa shape index (κ1) is 21.8. The Bertz CT molecular complexity index is 1230. The normalized spacial score (nSPS) is 17.2. The molecule has 180 valence electrons. The number of aliphatic hydroxyl groups excluding tert-OH is 2. The minimum absolute atomic E-state index is 0. The number of carbonyl (C=O) groups excluding carboxylic acids is 1. The van der Waals surface area contributed by atoms with Crippen LogP contribution < -0.4 is 14.8 Å². The van der Waals surface area contributed by atoms with Crippen LogP contribution in [0.1, 0.15) is 49.2 Å². The molecule has 0 unspecified atom stereocenters. The first-order chi connectivity index (χ1) is 15.7. The second-order valence-electron chi connectivity index (χ2n) is 10.1. The van der Waals surface area contributed by atoms with Crippen molar-refractivity contribution in [2.45, 2.75) is 57.1 Å². The summed E-state index contributed by atoms with van der Waals surface area (Å²) in [5, 5.41) is 23.5. The molecular formula is C26H36N2O5. The van der Waals surface area contributed by atoms with Crippen LogP contribution in [-0.4, -0.2) is 40.2 Å². The number of hydrogen-bond donors (Lipinski definition) is 3.